The number of ether oxygens (including phenoxy) is 1. The molecule has 0 aliphatic rings. The number of carbonyl (C=O) groups excluding carboxylic acids is 2. The maximum atomic E-state index is 12.7. The van der Waals surface area contributed by atoms with Gasteiger partial charge in [-0.05, 0) is 43.2 Å². The van der Waals surface area contributed by atoms with Crippen LogP contribution in [0.1, 0.15) is 29.3 Å². The van der Waals surface area contributed by atoms with E-state index in [0.717, 1.165) is 5.56 Å². The molecular weight excluding hydrogens is 368 g/mol. The number of esters is 1. The van der Waals surface area contributed by atoms with Gasteiger partial charge in [-0.1, -0.05) is 29.8 Å². The van der Waals surface area contributed by atoms with Gasteiger partial charge in [-0.15, -0.1) is 0 Å². The maximum Gasteiger partial charge on any atom is 0.307 e. The summed E-state index contributed by atoms with van der Waals surface area (Å²) in [6, 6.07) is 11.9. The third-order valence-corrected chi connectivity index (χ3v) is 4.42. The highest BCUT2D eigenvalue weighted by atomic mass is 35.5. The van der Waals surface area contributed by atoms with Crippen molar-refractivity contribution in [3.05, 3.63) is 58.6 Å². The highest BCUT2D eigenvalue weighted by Gasteiger charge is 2.20. The van der Waals surface area contributed by atoms with Crippen molar-refractivity contribution in [1.29, 1.82) is 0 Å². The minimum absolute atomic E-state index is 0.0526. The second-order valence-corrected chi connectivity index (χ2v) is 6.41. The van der Waals surface area contributed by atoms with Gasteiger partial charge in [-0.25, -0.2) is 0 Å². The van der Waals surface area contributed by atoms with Gasteiger partial charge < -0.3 is 10.1 Å². The van der Waals surface area contributed by atoms with Gasteiger partial charge in [-0.3, -0.25) is 9.59 Å². The zero-order valence-electron chi connectivity index (χ0n) is 14.7. The normalized spacial score (nSPS) is 11.9. The van der Waals surface area contributed by atoms with Gasteiger partial charge in [0.05, 0.1) is 13.0 Å². The third-order valence-electron chi connectivity index (χ3n) is 4.06. The number of nitrogens with zero attached hydrogens (tertiary/aromatic N) is 2. The Kier molecular flexibility index (Phi) is 6.03. The number of carbonyl (C=O) groups is 2. The van der Waals surface area contributed by atoms with Crippen molar-refractivity contribution >= 4 is 34.5 Å². The largest absolute Gasteiger partial charge is 0.466 e. The van der Waals surface area contributed by atoms with Gasteiger partial charge >= 0.3 is 5.97 Å². The molecule has 0 unspecified atom stereocenters. The molecule has 1 aromatic heterocycles. The summed E-state index contributed by atoms with van der Waals surface area (Å²) in [5.74, 6) is -0.678. The Morgan fingerprint density at radius 2 is 1.96 bits per heavy atom. The molecule has 0 radical (unpaired) electrons. The highest BCUT2D eigenvalue weighted by Crippen LogP contribution is 2.18. The molecule has 0 fully saturated rings. The van der Waals surface area contributed by atoms with Gasteiger partial charge in [0.25, 0.3) is 5.91 Å². The average molecular weight is 387 g/mol. The van der Waals surface area contributed by atoms with Crippen LogP contribution in [0.2, 0.25) is 5.02 Å². The summed E-state index contributed by atoms with van der Waals surface area (Å²) in [6.07, 6.45) is 0.466. The molecule has 2 N–H and O–H groups in total. The molecule has 1 heterocycles. The fourth-order valence-corrected chi connectivity index (χ4v) is 2.99. The van der Waals surface area contributed by atoms with Crippen LogP contribution < -0.4 is 5.32 Å². The summed E-state index contributed by atoms with van der Waals surface area (Å²) in [7, 11) is 0. The summed E-state index contributed by atoms with van der Waals surface area (Å²) in [4.78, 5) is 24.6. The van der Waals surface area contributed by atoms with Crippen LogP contribution in [0, 0.1) is 0 Å². The van der Waals surface area contributed by atoms with Crippen molar-refractivity contribution in [2.75, 3.05) is 6.61 Å². The average Bonchev–Trinajstić information content (AvgIpc) is 3.11. The molecular formula is C19H19ClN4O3. The molecule has 7 nitrogen and oxygen atoms in total. The molecule has 140 valence electrons. The Morgan fingerprint density at radius 1 is 1.19 bits per heavy atom. The van der Waals surface area contributed by atoms with Crippen molar-refractivity contribution in [3.8, 4) is 0 Å². The number of halogens is 1. The Hall–Kier alpha value is -2.93. The molecule has 0 aliphatic heterocycles. The topological polar surface area (TPSA) is 97.0 Å². The molecule has 0 aliphatic carbocycles. The van der Waals surface area contributed by atoms with Crippen LogP contribution in [-0.4, -0.2) is 39.9 Å². The van der Waals surface area contributed by atoms with E-state index in [-0.39, 0.29) is 24.9 Å². The first-order valence-corrected chi connectivity index (χ1v) is 8.95. The molecule has 1 atom stereocenters. The van der Waals surface area contributed by atoms with Gasteiger partial charge in [0.2, 0.25) is 0 Å². The Morgan fingerprint density at radius 3 is 2.74 bits per heavy atom. The minimum atomic E-state index is -0.454. The Bertz CT molecular complexity index is 957. The second-order valence-electron chi connectivity index (χ2n) is 6.00. The molecule has 1 amide bonds. The molecule has 0 bridgehead atoms. The van der Waals surface area contributed by atoms with Crippen molar-refractivity contribution in [2.45, 2.75) is 25.8 Å². The predicted octanol–water partition coefficient (Wildman–Crippen LogP) is 2.91. The first-order valence-electron chi connectivity index (χ1n) is 8.57. The molecule has 27 heavy (non-hydrogen) atoms. The number of fused-ring (bicyclic) bond motifs is 1. The van der Waals surface area contributed by atoms with Crippen molar-refractivity contribution in [1.82, 2.24) is 20.7 Å². The lowest BCUT2D eigenvalue weighted by Gasteiger charge is -2.19. The van der Waals surface area contributed by atoms with Crippen molar-refractivity contribution in [2.24, 2.45) is 0 Å². The van der Waals surface area contributed by atoms with Crippen molar-refractivity contribution in [3.63, 3.8) is 0 Å². The van der Waals surface area contributed by atoms with E-state index in [0.29, 0.717) is 28.0 Å². The smallest absolute Gasteiger partial charge is 0.307 e. The standard InChI is InChI=1S/C19H19ClN4O3/c1-2-27-18(25)11-14(9-12-5-3-4-6-15(12)20)21-19(26)13-7-8-16-17(10-13)23-24-22-16/h3-8,10,14H,2,9,11H2,1H3,(H,21,26)(H,22,23,24)/t14-/m1/s1. The molecule has 3 rings (SSSR count). The third kappa shape index (κ3) is 4.83. The molecule has 8 heteroatoms. The van der Waals surface area contributed by atoms with Crippen molar-refractivity contribution < 1.29 is 14.3 Å². The van der Waals surface area contributed by atoms with E-state index in [9.17, 15) is 9.59 Å². The number of aromatic amines is 1. The minimum Gasteiger partial charge on any atom is -0.466 e. The number of hydrogen-bond donors (Lipinski definition) is 2. The number of hydrogen-bond acceptors (Lipinski definition) is 5. The van der Waals surface area contributed by atoms with Crippen LogP contribution in [0.5, 0.6) is 0 Å². The van der Waals surface area contributed by atoms with E-state index >= 15 is 0 Å². The fraction of sp³-hybridized carbons (Fsp3) is 0.263. The zero-order valence-corrected chi connectivity index (χ0v) is 15.5. The quantitative estimate of drug-likeness (QED) is 0.608. The zero-order chi connectivity index (χ0) is 19.2. The number of H-pyrrole nitrogens is 1. The second kappa shape index (κ2) is 8.64. The van der Waals surface area contributed by atoms with E-state index in [1.165, 1.54) is 0 Å². The molecule has 0 saturated carbocycles. The lowest BCUT2D eigenvalue weighted by molar-refractivity contribution is -0.143. The summed E-state index contributed by atoms with van der Waals surface area (Å²) < 4.78 is 5.03. The number of rotatable bonds is 7. The van der Waals surface area contributed by atoms with Gasteiger partial charge in [-0.2, -0.15) is 15.4 Å². The Balaban J connectivity index is 1.77. The summed E-state index contributed by atoms with van der Waals surface area (Å²) in [6.45, 7) is 2.03. The van der Waals surface area contributed by atoms with E-state index in [4.69, 9.17) is 16.3 Å². The SMILES string of the molecule is CCOC(=O)C[C@@H](Cc1ccccc1Cl)NC(=O)c1ccc2n[nH]nc2c1. The van der Waals surface area contributed by atoms with E-state index in [2.05, 4.69) is 20.7 Å². The van der Waals surface area contributed by atoms with Crippen LogP contribution in [0.3, 0.4) is 0 Å². The summed E-state index contributed by atoms with van der Waals surface area (Å²) >= 11 is 6.22. The van der Waals surface area contributed by atoms with Crippen LogP contribution in [0.4, 0.5) is 0 Å². The number of amides is 1. The number of benzene rings is 2. The van der Waals surface area contributed by atoms with E-state index < -0.39 is 6.04 Å². The highest BCUT2D eigenvalue weighted by molar-refractivity contribution is 6.31. The Labute approximate surface area is 161 Å². The number of nitrogens with one attached hydrogen (secondary N) is 2. The van der Waals surface area contributed by atoms with Gasteiger partial charge in [0.15, 0.2) is 0 Å². The fourth-order valence-electron chi connectivity index (χ4n) is 2.77. The van der Waals surface area contributed by atoms with Gasteiger partial charge in [0, 0.05) is 16.6 Å². The van der Waals surface area contributed by atoms with Gasteiger partial charge in [0.1, 0.15) is 11.0 Å². The first-order chi connectivity index (χ1) is 13.1. The number of aromatic nitrogens is 3. The van der Waals surface area contributed by atoms with Crippen LogP contribution in [0.15, 0.2) is 42.5 Å². The first kappa shape index (κ1) is 18.8. The van der Waals surface area contributed by atoms with E-state index in [1.807, 2.05) is 18.2 Å². The molecule has 3 aromatic rings. The van der Waals surface area contributed by atoms with Crippen LogP contribution in [0.25, 0.3) is 11.0 Å². The van der Waals surface area contributed by atoms with Crippen LogP contribution >= 0.6 is 11.6 Å². The monoisotopic (exact) mass is 386 g/mol. The molecule has 0 spiro atoms. The lowest BCUT2D eigenvalue weighted by Crippen LogP contribution is -2.38. The predicted molar refractivity (Wildman–Crippen MR) is 102 cm³/mol. The van der Waals surface area contributed by atoms with Crippen LogP contribution in [-0.2, 0) is 16.0 Å². The molecule has 2 aromatic carbocycles. The maximum absolute atomic E-state index is 12.7. The van der Waals surface area contributed by atoms with E-state index in [1.54, 1.807) is 31.2 Å². The summed E-state index contributed by atoms with van der Waals surface area (Å²) in [5, 5.41) is 13.9. The summed E-state index contributed by atoms with van der Waals surface area (Å²) in [5.41, 5.74) is 2.55. The molecule has 0 saturated heterocycles. The lowest BCUT2D eigenvalue weighted by atomic mass is 10.0.